The molecule has 0 bridgehead atoms. The average molecular weight is 333 g/mol. The van der Waals surface area contributed by atoms with Gasteiger partial charge in [0.1, 0.15) is 12.3 Å². The standard InChI is InChI=1S/C13H20NO.HI/c1-15-13-9-10-5-2-3-8-14(10)12-7-4-6-11(12)13;/h10H,2-9H2,1H3;1H/q+1;/p-1. The number of hydrogen-bond acceptors (Lipinski definition) is 1. The van der Waals surface area contributed by atoms with Gasteiger partial charge in [0.2, 0.25) is 0 Å². The summed E-state index contributed by atoms with van der Waals surface area (Å²) >= 11 is 0. The number of rotatable bonds is 1. The molecule has 0 spiro atoms. The quantitative estimate of drug-likeness (QED) is 0.465. The fraction of sp³-hybridized carbons (Fsp3) is 0.769. The van der Waals surface area contributed by atoms with E-state index in [-0.39, 0.29) is 24.0 Å². The number of methoxy groups -OCH3 is 1. The van der Waals surface area contributed by atoms with E-state index < -0.39 is 0 Å². The molecule has 16 heavy (non-hydrogen) atoms. The molecule has 3 rings (SSSR count). The van der Waals surface area contributed by atoms with Gasteiger partial charge in [0.15, 0.2) is 11.8 Å². The molecule has 1 saturated carbocycles. The first-order chi connectivity index (χ1) is 7.40. The second-order valence-electron chi connectivity index (χ2n) is 4.95. The smallest absolute Gasteiger partial charge is 0.182 e. The molecule has 3 heteroatoms. The number of allylic oxidation sites excluding steroid dienone is 1. The van der Waals surface area contributed by atoms with Crippen molar-refractivity contribution in [2.24, 2.45) is 0 Å². The third-order valence-electron chi connectivity index (χ3n) is 4.17. The van der Waals surface area contributed by atoms with E-state index in [1.807, 2.05) is 7.11 Å². The molecule has 2 aliphatic heterocycles. The summed E-state index contributed by atoms with van der Waals surface area (Å²) in [5, 5.41) is 0. The van der Waals surface area contributed by atoms with Crippen LogP contribution in [0, 0.1) is 0 Å². The zero-order valence-electron chi connectivity index (χ0n) is 9.97. The second-order valence-corrected chi connectivity index (χ2v) is 4.95. The highest BCUT2D eigenvalue weighted by atomic mass is 127. The first kappa shape index (κ1) is 12.4. The van der Waals surface area contributed by atoms with Gasteiger partial charge in [-0.25, -0.2) is 4.58 Å². The molecular weight excluding hydrogens is 313 g/mol. The number of hydrogen-bond donors (Lipinski definition) is 0. The molecular formula is C13H20INO. The summed E-state index contributed by atoms with van der Waals surface area (Å²) in [6, 6.07) is 0.755. The van der Waals surface area contributed by atoms with Crippen LogP contribution < -0.4 is 24.0 Å². The van der Waals surface area contributed by atoms with Crippen LogP contribution in [0.4, 0.5) is 0 Å². The van der Waals surface area contributed by atoms with E-state index in [1.165, 1.54) is 50.8 Å². The Morgan fingerprint density at radius 2 is 2.06 bits per heavy atom. The predicted molar refractivity (Wildman–Crippen MR) is 60.3 cm³/mol. The molecule has 2 fully saturated rings. The predicted octanol–water partition coefficient (Wildman–Crippen LogP) is -0.515. The van der Waals surface area contributed by atoms with E-state index in [0.29, 0.717) is 0 Å². The summed E-state index contributed by atoms with van der Waals surface area (Å²) < 4.78 is 8.28. The largest absolute Gasteiger partial charge is 1.00 e. The maximum atomic E-state index is 5.59. The monoisotopic (exact) mass is 333 g/mol. The normalized spacial score (nSPS) is 28.4. The summed E-state index contributed by atoms with van der Waals surface area (Å²) in [6.45, 7) is 1.29. The minimum Gasteiger partial charge on any atom is -1.00 e. The number of halogens is 1. The fourth-order valence-corrected chi connectivity index (χ4v) is 3.46. The van der Waals surface area contributed by atoms with Gasteiger partial charge in [-0.15, -0.1) is 0 Å². The lowest BCUT2D eigenvalue weighted by atomic mass is 9.93. The summed E-state index contributed by atoms with van der Waals surface area (Å²) in [4.78, 5) is 0. The molecule has 1 atom stereocenters. The van der Waals surface area contributed by atoms with Gasteiger partial charge >= 0.3 is 0 Å². The first-order valence-corrected chi connectivity index (χ1v) is 6.29. The summed E-state index contributed by atoms with van der Waals surface area (Å²) in [6.07, 6.45) is 9.19. The molecule has 0 amide bonds. The van der Waals surface area contributed by atoms with Crippen molar-refractivity contribution in [1.29, 1.82) is 0 Å². The third-order valence-corrected chi connectivity index (χ3v) is 4.17. The SMILES string of the molecule is COC1=C2CCCC2=[N+]2CCCCC2C1.[I-]. The molecule has 0 N–H and O–H groups in total. The van der Waals surface area contributed by atoms with E-state index in [1.54, 1.807) is 11.3 Å². The lowest BCUT2D eigenvalue weighted by Crippen LogP contribution is -3.00. The maximum Gasteiger partial charge on any atom is 0.182 e. The van der Waals surface area contributed by atoms with Crippen molar-refractivity contribution in [3.63, 3.8) is 0 Å². The zero-order chi connectivity index (χ0) is 10.3. The van der Waals surface area contributed by atoms with Gasteiger partial charge in [0, 0.05) is 19.3 Å². The maximum absolute atomic E-state index is 5.59. The lowest BCUT2D eigenvalue weighted by molar-refractivity contribution is -0.578. The molecule has 0 aromatic heterocycles. The highest BCUT2D eigenvalue weighted by Crippen LogP contribution is 2.34. The first-order valence-electron chi connectivity index (χ1n) is 6.29. The number of ether oxygens (including phenoxy) is 1. The van der Waals surface area contributed by atoms with Crippen LogP contribution in [-0.4, -0.2) is 30.0 Å². The number of fused-ring (bicyclic) bond motifs is 2. The average Bonchev–Trinajstić information content (AvgIpc) is 2.77. The Balaban J connectivity index is 0.000000963. The Labute approximate surface area is 115 Å². The molecule has 3 aliphatic rings. The van der Waals surface area contributed by atoms with Crippen molar-refractivity contribution in [1.82, 2.24) is 0 Å². The molecule has 1 aliphatic carbocycles. The number of piperidine rings is 1. The molecule has 2 nitrogen and oxygen atoms in total. The van der Waals surface area contributed by atoms with Gasteiger partial charge in [-0.3, -0.25) is 0 Å². The van der Waals surface area contributed by atoms with Crippen LogP contribution >= 0.6 is 0 Å². The Hall–Kier alpha value is -0.0600. The molecule has 0 aromatic carbocycles. The van der Waals surface area contributed by atoms with E-state index in [2.05, 4.69) is 4.58 Å². The minimum atomic E-state index is 0. The van der Waals surface area contributed by atoms with Crippen LogP contribution in [0.2, 0.25) is 0 Å². The highest BCUT2D eigenvalue weighted by Gasteiger charge is 2.39. The van der Waals surface area contributed by atoms with Crippen molar-refractivity contribution in [3.8, 4) is 0 Å². The third kappa shape index (κ3) is 1.91. The Kier molecular flexibility index (Phi) is 3.93. The van der Waals surface area contributed by atoms with Gasteiger partial charge in [0.25, 0.3) is 0 Å². The molecule has 0 aromatic rings. The molecule has 2 heterocycles. The summed E-state index contributed by atoms with van der Waals surface area (Å²) in [5.41, 5.74) is 3.18. The lowest BCUT2D eigenvalue weighted by Gasteiger charge is -2.27. The van der Waals surface area contributed by atoms with Crippen molar-refractivity contribution in [2.75, 3.05) is 13.7 Å². The van der Waals surface area contributed by atoms with Crippen molar-refractivity contribution in [3.05, 3.63) is 11.3 Å². The molecule has 1 unspecified atom stereocenters. The van der Waals surface area contributed by atoms with E-state index >= 15 is 0 Å². The summed E-state index contributed by atoms with van der Waals surface area (Å²) in [5.74, 6) is 1.30. The van der Waals surface area contributed by atoms with Gasteiger partial charge < -0.3 is 28.7 Å². The van der Waals surface area contributed by atoms with Crippen LogP contribution in [0.15, 0.2) is 11.3 Å². The van der Waals surface area contributed by atoms with Crippen LogP contribution in [0.5, 0.6) is 0 Å². The van der Waals surface area contributed by atoms with Crippen LogP contribution in [0.3, 0.4) is 0 Å². The minimum absolute atomic E-state index is 0. The molecule has 90 valence electrons. The van der Waals surface area contributed by atoms with Gasteiger partial charge in [0.05, 0.1) is 19.1 Å². The fourth-order valence-electron chi connectivity index (χ4n) is 3.46. The topological polar surface area (TPSA) is 12.2 Å². The van der Waals surface area contributed by atoms with Crippen molar-refractivity contribution >= 4 is 5.71 Å². The highest BCUT2D eigenvalue weighted by molar-refractivity contribution is 5.99. The van der Waals surface area contributed by atoms with E-state index in [4.69, 9.17) is 4.74 Å². The van der Waals surface area contributed by atoms with E-state index in [0.717, 1.165) is 12.5 Å². The molecule has 1 saturated heterocycles. The van der Waals surface area contributed by atoms with Crippen molar-refractivity contribution < 1.29 is 33.3 Å². The molecule has 0 radical (unpaired) electrons. The van der Waals surface area contributed by atoms with Crippen LogP contribution in [0.25, 0.3) is 0 Å². The summed E-state index contributed by atoms with van der Waals surface area (Å²) in [7, 11) is 1.84. The Morgan fingerprint density at radius 3 is 2.88 bits per heavy atom. The second kappa shape index (κ2) is 5.07. The van der Waals surface area contributed by atoms with Gasteiger partial charge in [-0.1, -0.05) is 0 Å². The van der Waals surface area contributed by atoms with Crippen LogP contribution in [-0.2, 0) is 4.74 Å². The van der Waals surface area contributed by atoms with E-state index in [9.17, 15) is 0 Å². The number of nitrogens with zero attached hydrogens (tertiary/aromatic N) is 1. The zero-order valence-corrected chi connectivity index (χ0v) is 12.1. The Bertz CT molecular complexity index is 346. The van der Waals surface area contributed by atoms with Gasteiger partial charge in [-0.2, -0.15) is 0 Å². The Morgan fingerprint density at radius 1 is 1.19 bits per heavy atom. The van der Waals surface area contributed by atoms with Gasteiger partial charge in [-0.05, 0) is 19.3 Å². The van der Waals surface area contributed by atoms with Crippen LogP contribution in [0.1, 0.15) is 44.9 Å². The van der Waals surface area contributed by atoms with Crippen molar-refractivity contribution in [2.45, 2.75) is 51.0 Å².